The van der Waals surface area contributed by atoms with Gasteiger partial charge in [0.2, 0.25) is 0 Å². The Hall–Kier alpha value is -3.07. The average molecular weight is 461 g/mol. The van der Waals surface area contributed by atoms with Gasteiger partial charge in [0.25, 0.3) is 0 Å². The number of benzene rings is 2. The number of thiophene rings is 1. The minimum absolute atomic E-state index is 0.0228. The Morgan fingerprint density at radius 3 is 2.45 bits per heavy atom. The molecule has 8 heteroatoms. The fraction of sp³-hybridized carbons (Fsp3) is 0.320. The van der Waals surface area contributed by atoms with E-state index in [1.54, 1.807) is 18.4 Å². The lowest BCUT2D eigenvalue weighted by Gasteiger charge is -2.39. The molecule has 0 radical (unpaired) electrons. The van der Waals surface area contributed by atoms with E-state index in [1.807, 2.05) is 16.8 Å². The summed E-state index contributed by atoms with van der Waals surface area (Å²) in [5.41, 5.74) is 2.45. The van der Waals surface area contributed by atoms with Gasteiger partial charge < -0.3 is 4.74 Å². The van der Waals surface area contributed by atoms with E-state index in [4.69, 9.17) is 4.74 Å². The van der Waals surface area contributed by atoms with E-state index in [0.717, 1.165) is 44.3 Å². The van der Waals surface area contributed by atoms with Crippen LogP contribution in [0.2, 0.25) is 0 Å². The number of nitrogens with zero attached hydrogens (tertiary/aromatic N) is 6. The van der Waals surface area contributed by atoms with Crippen molar-refractivity contribution < 1.29 is 4.74 Å². The number of rotatable bonds is 8. The molecular formula is C25H28N6OS. The Morgan fingerprint density at radius 2 is 1.70 bits per heavy atom. The first-order valence-corrected chi connectivity index (χ1v) is 12.1. The lowest BCUT2D eigenvalue weighted by molar-refractivity contribution is 0.0997. The van der Waals surface area contributed by atoms with E-state index in [0.29, 0.717) is 6.54 Å². The van der Waals surface area contributed by atoms with Crippen LogP contribution >= 0.6 is 11.3 Å². The largest absolute Gasteiger partial charge is 0.496 e. The summed E-state index contributed by atoms with van der Waals surface area (Å²) in [5.74, 6) is 1.85. The molecule has 0 bridgehead atoms. The Kier molecular flexibility index (Phi) is 6.76. The normalized spacial score (nSPS) is 16.0. The second kappa shape index (κ2) is 10.2. The van der Waals surface area contributed by atoms with E-state index >= 15 is 0 Å². The fourth-order valence-corrected chi connectivity index (χ4v) is 5.17. The van der Waals surface area contributed by atoms with Crippen molar-refractivity contribution in [1.29, 1.82) is 0 Å². The molecule has 0 spiro atoms. The van der Waals surface area contributed by atoms with Crippen LogP contribution in [-0.4, -0.2) is 63.3 Å². The molecule has 0 amide bonds. The number of hydrogen-bond donors (Lipinski definition) is 0. The van der Waals surface area contributed by atoms with Crippen LogP contribution in [-0.2, 0) is 13.1 Å². The van der Waals surface area contributed by atoms with Crippen molar-refractivity contribution in [2.24, 2.45) is 0 Å². The molecule has 1 aliphatic heterocycles. The third-order valence-corrected chi connectivity index (χ3v) is 7.02. The van der Waals surface area contributed by atoms with Crippen LogP contribution < -0.4 is 4.74 Å². The van der Waals surface area contributed by atoms with Gasteiger partial charge in [-0.25, -0.2) is 4.68 Å². The van der Waals surface area contributed by atoms with Gasteiger partial charge in [-0.05, 0) is 33.5 Å². The van der Waals surface area contributed by atoms with Gasteiger partial charge in [-0.15, -0.1) is 16.4 Å². The van der Waals surface area contributed by atoms with Gasteiger partial charge in [-0.1, -0.05) is 54.6 Å². The SMILES string of the molecule is COc1ccccc1CN1CCN([C@H](c2ccccc2)c2nnnn2Cc2cccs2)CC1. The van der Waals surface area contributed by atoms with Gasteiger partial charge in [-0.2, -0.15) is 0 Å². The van der Waals surface area contributed by atoms with Crippen molar-refractivity contribution in [3.63, 3.8) is 0 Å². The van der Waals surface area contributed by atoms with E-state index in [1.165, 1.54) is 16.0 Å². The van der Waals surface area contributed by atoms with Gasteiger partial charge in [0.1, 0.15) is 5.75 Å². The van der Waals surface area contributed by atoms with Crippen molar-refractivity contribution in [2.45, 2.75) is 19.1 Å². The molecule has 1 aliphatic rings. The quantitative estimate of drug-likeness (QED) is 0.400. The summed E-state index contributed by atoms with van der Waals surface area (Å²) in [7, 11) is 1.74. The van der Waals surface area contributed by atoms with E-state index in [-0.39, 0.29) is 6.04 Å². The van der Waals surface area contributed by atoms with E-state index in [9.17, 15) is 0 Å². The topological polar surface area (TPSA) is 59.3 Å². The van der Waals surface area contributed by atoms with Crippen LogP contribution in [0.15, 0.2) is 72.1 Å². The van der Waals surface area contributed by atoms with Crippen LogP contribution in [0.4, 0.5) is 0 Å². The highest BCUT2D eigenvalue weighted by Crippen LogP contribution is 2.29. The lowest BCUT2D eigenvalue weighted by Crippen LogP contribution is -2.48. The smallest absolute Gasteiger partial charge is 0.173 e. The highest BCUT2D eigenvalue weighted by atomic mass is 32.1. The second-order valence-corrected chi connectivity index (χ2v) is 9.24. The average Bonchev–Trinajstić information content (AvgIpc) is 3.54. The van der Waals surface area contributed by atoms with Crippen molar-refractivity contribution in [1.82, 2.24) is 30.0 Å². The van der Waals surface area contributed by atoms with Crippen LogP contribution in [0.5, 0.6) is 5.75 Å². The number of tetrazole rings is 1. The summed E-state index contributed by atoms with van der Waals surface area (Å²) in [6.45, 7) is 5.43. The monoisotopic (exact) mass is 460 g/mol. The summed E-state index contributed by atoms with van der Waals surface area (Å²) in [5, 5.41) is 15.0. The summed E-state index contributed by atoms with van der Waals surface area (Å²) >= 11 is 1.73. The minimum atomic E-state index is 0.0228. The van der Waals surface area contributed by atoms with Crippen molar-refractivity contribution in [3.05, 3.63) is 93.9 Å². The van der Waals surface area contributed by atoms with E-state index < -0.39 is 0 Å². The molecule has 0 saturated carbocycles. The Bertz CT molecular complexity index is 1140. The molecule has 0 aliphatic carbocycles. The van der Waals surface area contributed by atoms with E-state index in [2.05, 4.69) is 85.3 Å². The standard InChI is InChI=1S/C25H28N6OS/c1-32-23-12-6-5-10-21(23)18-29-13-15-30(16-14-29)24(20-8-3-2-4-9-20)25-26-27-28-31(25)19-22-11-7-17-33-22/h2-12,17,24H,13-16,18-19H2,1H3/t24-/m1/s1. The molecule has 170 valence electrons. The Labute approximate surface area is 198 Å². The maximum atomic E-state index is 5.55. The van der Waals surface area contributed by atoms with Crippen LogP contribution in [0.1, 0.15) is 27.9 Å². The zero-order valence-corrected chi connectivity index (χ0v) is 19.6. The summed E-state index contributed by atoms with van der Waals surface area (Å²) in [6, 6.07) is 23.1. The number of aromatic nitrogens is 4. The number of para-hydroxylation sites is 1. The molecule has 1 fully saturated rings. The highest BCUT2D eigenvalue weighted by molar-refractivity contribution is 7.09. The van der Waals surface area contributed by atoms with Crippen molar-refractivity contribution in [3.8, 4) is 5.75 Å². The van der Waals surface area contributed by atoms with Gasteiger partial charge >= 0.3 is 0 Å². The molecule has 5 rings (SSSR count). The van der Waals surface area contributed by atoms with Crippen molar-refractivity contribution in [2.75, 3.05) is 33.3 Å². The predicted octanol–water partition coefficient (Wildman–Crippen LogP) is 3.70. The van der Waals surface area contributed by atoms with Crippen LogP contribution in [0, 0.1) is 0 Å². The highest BCUT2D eigenvalue weighted by Gasteiger charge is 2.30. The third kappa shape index (κ3) is 4.98. The second-order valence-electron chi connectivity index (χ2n) is 8.21. The number of hydrogen-bond acceptors (Lipinski definition) is 7. The first-order valence-electron chi connectivity index (χ1n) is 11.2. The molecule has 4 aromatic rings. The summed E-state index contributed by atoms with van der Waals surface area (Å²) < 4.78 is 7.50. The summed E-state index contributed by atoms with van der Waals surface area (Å²) in [4.78, 5) is 6.24. The van der Waals surface area contributed by atoms with Crippen LogP contribution in [0.3, 0.4) is 0 Å². The van der Waals surface area contributed by atoms with Gasteiger partial charge in [0, 0.05) is 43.2 Å². The fourth-order valence-electron chi connectivity index (χ4n) is 4.48. The molecule has 3 heterocycles. The molecule has 0 unspecified atom stereocenters. The first-order chi connectivity index (χ1) is 16.3. The summed E-state index contributed by atoms with van der Waals surface area (Å²) in [6.07, 6.45) is 0. The first kappa shape index (κ1) is 21.8. The molecule has 2 aromatic carbocycles. The number of ether oxygens (including phenoxy) is 1. The molecular weight excluding hydrogens is 432 g/mol. The molecule has 33 heavy (non-hydrogen) atoms. The third-order valence-electron chi connectivity index (χ3n) is 6.16. The number of piperazine rings is 1. The number of methoxy groups -OCH3 is 1. The molecule has 1 atom stereocenters. The van der Waals surface area contributed by atoms with Gasteiger partial charge in [0.05, 0.1) is 19.7 Å². The molecule has 2 aromatic heterocycles. The lowest BCUT2D eigenvalue weighted by atomic mass is 10.0. The predicted molar refractivity (Wildman–Crippen MR) is 129 cm³/mol. The van der Waals surface area contributed by atoms with Gasteiger partial charge in [0.15, 0.2) is 5.82 Å². The van der Waals surface area contributed by atoms with Gasteiger partial charge in [-0.3, -0.25) is 9.80 Å². The van der Waals surface area contributed by atoms with Crippen LogP contribution in [0.25, 0.3) is 0 Å². The maximum absolute atomic E-state index is 5.55. The Balaban J connectivity index is 1.35. The Morgan fingerprint density at radius 1 is 0.909 bits per heavy atom. The zero-order chi connectivity index (χ0) is 22.5. The minimum Gasteiger partial charge on any atom is -0.496 e. The zero-order valence-electron chi connectivity index (χ0n) is 18.7. The molecule has 1 saturated heterocycles. The molecule has 0 N–H and O–H groups in total. The van der Waals surface area contributed by atoms with Crippen molar-refractivity contribution >= 4 is 11.3 Å². The molecule has 7 nitrogen and oxygen atoms in total. The maximum Gasteiger partial charge on any atom is 0.173 e.